The fraction of sp³-hybridized carbons (Fsp3) is 0.214. The highest BCUT2D eigenvalue weighted by atomic mass is 35.5. The molecule has 1 aromatic rings. The first kappa shape index (κ1) is 13.3. The molecule has 1 atom stereocenters. The molecule has 1 aliphatic rings. The van der Waals surface area contributed by atoms with Gasteiger partial charge in [0, 0.05) is 10.6 Å². The van der Waals surface area contributed by atoms with E-state index >= 15 is 0 Å². The Hall–Kier alpha value is -2.14. The summed E-state index contributed by atoms with van der Waals surface area (Å²) in [5, 5.41) is 1.92. The first-order valence-electron chi connectivity index (χ1n) is 5.64. The maximum atomic E-state index is 12.1. The van der Waals surface area contributed by atoms with Crippen LogP contribution in [0.25, 0.3) is 0 Å². The number of hydrogen-bond donors (Lipinski definition) is 1. The quantitative estimate of drug-likeness (QED) is 0.853. The highest BCUT2D eigenvalue weighted by molar-refractivity contribution is 6.31. The van der Waals surface area contributed by atoms with E-state index in [1.807, 2.05) is 18.2 Å². The van der Waals surface area contributed by atoms with Gasteiger partial charge >= 0.3 is 6.03 Å². The average Bonchev–Trinajstić information content (AvgIpc) is 2.69. The zero-order valence-corrected chi connectivity index (χ0v) is 10.9. The number of nitrogens with zero attached hydrogens (tertiary/aromatic N) is 2. The van der Waals surface area contributed by atoms with Gasteiger partial charge < -0.3 is 0 Å². The summed E-state index contributed by atoms with van der Waals surface area (Å²) >= 11 is 6.15. The maximum Gasteiger partial charge on any atom is 0.337 e. The number of benzene rings is 1. The molecule has 1 aromatic carbocycles. The van der Waals surface area contributed by atoms with Crippen LogP contribution in [0.5, 0.6) is 0 Å². The van der Waals surface area contributed by atoms with Gasteiger partial charge in [0.1, 0.15) is 6.17 Å². The molecule has 1 N–H and O–H groups in total. The first-order chi connectivity index (χ1) is 9.19. The number of carbonyl (C=O) groups is 1. The van der Waals surface area contributed by atoms with Gasteiger partial charge in [-0.05, 0) is 6.07 Å². The minimum Gasteiger partial charge on any atom is -0.291 e. The molecule has 0 aromatic heterocycles. The Morgan fingerprint density at radius 2 is 1.95 bits per heavy atom. The summed E-state index contributed by atoms with van der Waals surface area (Å²) in [4.78, 5) is 13.6. The topological polar surface area (TPSA) is 35.6 Å². The molecule has 96 valence electrons. The SMILES string of the molecule is C#CCN1NC(c2ccccc2Cl)N(CC#C)C1=O. The van der Waals surface area contributed by atoms with Gasteiger partial charge in [-0.1, -0.05) is 41.6 Å². The third-order valence-electron chi connectivity index (χ3n) is 2.78. The van der Waals surface area contributed by atoms with Crippen LogP contribution in [0.4, 0.5) is 4.79 Å². The van der Waals surface area contributed by atoms with Crippen LogP contribution >= 0.6 is 11.6 Å². The summed E-state index contributed by atoms with van der Waals surface area (Å²) in [5.74, 6) is 4.89. The van der Waals surface area contributed by atoms with Crippen molar-refractivity contribution in [3.05, 3.63) is 34.9 Å². The Balaban J connectivity index is 2.34. The third-order valence-corrected chi connectivity index (χ3v) is 3.12. The summed E-state index contributed by atoms with van der Waals surface area (Å²) in [6, 6.07) is 7.04. The van der Waals surface area contributed by atoms with E-state index in [2.05, 4.69) is 17.3 Å². The molecule has 2 amide bonds. The van der Waals surface area contributed by atoms with Gasteiger partial charge in [0.25, 0.3) is 0 Å². The van der Waals surface area contributed by atoms with Gasteiger partial charge in [-0.15, -0.1) is 12.8 Å². The number of halogens is 1. The monoisotopic (exact) mass is 273 g/mol. The second kappa shape index (κ2) is 5.67. The Morgan fingerprint density at radius 3 is 2.58 bits per heavy atom. The minimum atomic E-state index is -0.398. The number of hydrogen-bond acceptors (Lipinski definition) is 2. The van der Waals surface area contributed by atoms with E-state index in [0.717, 1.165) is 5.56 Å². The first-order valence-corrected chi connectivity index (χ1v) is 6.02. The van der Waals surface area contributed by atoms with E-state index < -0.39 is 6.17 Å². The summed E-state index contributed by atoms with van der Waals surface area (Å²) in [6.07, 6.45) is 10.1. The molecule has 5 heteroatoms. The molecule has 0 bridgehead atoms. The second-order valence-electron chi connectivity index (χ2n) is 3.96. The highest BCUT2D eigenvalue weighted by Gasteiger charge is 2.37. The van der Waals surface area contributed by atoms with Crippen LogP contribution in [0.3, 0.4) is 0 Å². The number of carbonyl (C=O) groups excluding carboxylic acids is 1. The van der Waals surface area contributed by atoms with Crippen molar-refractivity contribution in [3.63, 3.8) is 0 Å². The molecule has 19 heavy (non-hydrogen) atoms. The Bertz CT molecular complexity index is 573. The molecule has 0 saturated carbocycles. The largest absolute Gasteiger partial charge is 0.337 e. The average molecular weight is 274 g/mol. The van der Waals surface area contributed by atoms with Crippen molar-refractivity contribution in [2.75, 3.05) is 13.1 Å². The zero-order chi connectivity index (χ0) is 13.8. The highest BCUT2D eigenvalue weighted by Crippen LogP contribution is 2.29. The fourth-order valence-corrected chi connectivity index (χ4v) is 2.17. The van der Waals surface area contributed by atoms with Crippen LogP contribution in [0.15, 0.2) is 24.3 Å². The van der Waals surface area contributed by atoms with E-state index in [1.165, 1.54) is 9.91 Å². The summed E-state index contributed by atoms with van der Waals surface area (Å²) < 4.78 is 0. The summed E-state index contributed by atoms with van der Waals surface area (Å²) in [5.41, 5.74) is 3.81. The van der Waals surface area contributed by atoms with Crippen LogP contribution in [-0.4, -0.2) is 29.0 Å². The number of amides is 2. The molecule has 1 heterocycles. The van der Waals surface area contributed by atoms with Crippen molar-refractivity contribution in [1.82, 2.24) is 15.3 Å². The molecular formula is C14H12ClN3O. The maximum absolute atomic E-state index is 12.1. The van der Waals surface area contributed by atoms with Gasteiger partial charge in [0.2, 0.25) is 0 Å². The lowest BCUT2D eigenvalue weighted by molar-refractivity contribution is 0.192. The van der Waals surface area contributed by atoms with E-state index in [1.54, 1.807) is 6.07 Å². The molecule has 1 unspecified atom stereocenters. The Labute approximate surface area is 117 Å². The van der Waals surface area contributed by atoms with Crippen molar-refractivity contribution in [3.8, 4) is 24.7 Å². The van der Waals surface area contributed by atoms with Gasteiger partial charge in [0.15, 0.2) is 0 Å². The predicted octanol–water partition coefficient (Wildman–Crippen LogP) is 1.85. The van der Waals surface area contributed by atoms with Crippen LogP contribution in [0.2, 0.25) is 5.02 Å². The van der Waals surface area contributed by atoms with Crippen molar-refractivity contribution in [1.29, 1.82) is 0 Å². The smallest absolute Gasteiger partial charge is 0.291 e. The minimum absolute atomic E-state index is 0.168. The zero-order valence-electron chi connectivity index (χ0n) is 10.1. The fourth-order valence-electron chi connectivity index (χ4n) is 1.93. The third kappa shape index (κ3) is 2.51. The van der Waals surface area contributed by atoms with Crippen molar-refractivity contribution in [2.24, 2.45) is 0 Å². The van der Waals surface area contributed by atoms with E-state index in [-0.39, 0.29) is 19.1 Å². The van der Waals surface area contributed by atoms with Crippen molar-refractivity contribution in [2.45, 2.75) is 6.17 Å². The molecule has 1 fully saturated rings. The number of rotatable bonds is 3. The van der Waals surface area contributed by atoms with Crippen molar-refractivity contribution < 1.29 is 4.79 Å². The number of hydrazine groups is 1. The van der Waals surface area contributed by atoms with E-state index in [4.69, 9.17) is 24.4 Å². The lowest BCUT2D eigenvalue weighted by atomic mass is 10.1. The molecular weight excluding hydrogens is 262 g/mol. The van der Waals surface area contributed by atoms with Crippen LogP contribution < -0.4 is 5.43 Å². The lowest BCUT2D eigenvalue weighted by Crippen LogP contribution is -2.35. The molecule has 0 radical (unpaired) electrons. The van der Waals surface area contributed by atoms with Gasteiger partial charge in [-0.2, -0.15) is 0 Å². The summed E-state index contributed by atoms with van der Waals surface area (Å²) in [6.45, 7) is 0.351. The van der Waals surface area contributed by atoms with E-state index in [0.29, 0.717) is 5.02 Å². The lowest BCUT2D eigenvalue weighted by Gasteiger charge is -2.21. The van der Waals surface area contributed by atoms with Crippen LogP contribution in [0.1, 0.15) is 11.7 Å². The molecule has 4 nitrogen and oxygen atoms in total. The summed E-state index contributed by atoms with van der Waals surface area (Å²) in [7, 11) is 0. The molecule has 2 rings (SSSR count). The van der Waals surface area contributed by atoms with Gasteiger partial charge in [0.05, 0.1) is 13.1 Å². The predicted molar refractivity (Wildman–Crippen MR) is 73.8 cm³/mol. The number of nitrogens with one attached hydrogen (secondary N) is 1. The Morgan fingerprint density at radius 1 is 1.26 bits per heavy atom. The molecule has 1 aliphatic heterocycles. The number of urea groups is 1. The molecule has 0 spiro atoms. The molecule has 0 aliphatic carbocycles. The van der Waals surface area contributed by atoms with E-state index in [9.17, 15) is 4.79 Å². The normalized spacial score (nSPS) is 18.3. The van der Waals surface area contributed by atoms with Gasteiger partial charge in [-0.25, -0.2) is 15.2 Å². The standard InChI is InChI=1S/C14H12ClN3O/c1-3-9-17-13(11-7-5-6-8-12(11)15)16-18(10-4-2)14(17)19/h1-2,5-8,13,16H,9-10H2. The Kier molecular flexibility index (Phi) is 3.97. The van der Waals surface area contributed by atoms with Gasteiger partial charge in [-0.3, -0.25) is 4.90 Å². The molecule has 1 saturated heterocycles. The van der Waals surface area contributed by atoms with Crippen molar-refractivity contribution >= 4 is 17.6 Å². The second-order valence-corrected chi connectivity index (χ2v) is 4.37. The van der Waals surface area contributed by atoms with Crippen LogP contribution in [-0.2, 0) is 0 Å². The van der Waals surface area contributed by atoms with Crippen LogP contribution in [0, 0.1) is 24.7 Å². The number of terminal acetylenes is 2.